The van der Waals surface area contributed by atoms with E-state index in [-0.39, 0.29) is 5.91 Å². The van der Waals surface area contributed by atoms with Gasteiger partial charge in [-0.25, -0.2) is 4.63 Å². The molecule has 0 spiro atoms. The monoisotopic (exact) mass is 307 g/mol. The molecule has 6 heteroatoms. The van der Waals surface area contributed by atoms with Gasteiger partial charge < -0.3 is 9.73 Å². The van der Waals surface area contributed by atoms with Crippen LogP contribution in [0, 0.1) is 13.8 Å². The number of nitrogens with zero attached hydrogens (tertiary/aromatic N) is 2. The number of furan rings is 1. The first-order chi connectivity index (χ1) is 11.1. The molecule has 0 saturated heterocycles. The van der Waals surface area contributed by atoms with Gasteiger partial charge in [0.25, 0.3) is 5.91 Å². The summed E-state index contributed by atoms with van der Waals surface area (Å²) in [6.45, 7) is 3.88. The van der Waals surface area contributed by atoms with E-state index in [0.29, 0.717) is 28.1 Å². The number of carbonyl (C=O) groups excluding carboxylic acids is 1. The summed E-state index contributed by atoms with van der Waals surface area (Å²) in [5.41, 5.74) is 4.24. The maximum atomic E-state index is 12.6. The maximum absolute atomic E-state index is 12.6. The van der Waals surface area contributed by atoms with Crippen molar-refractivity contribution in [3.05, 3.63) is 53.3 Å². The molecule has 0 fully saturated rings. The Kier molecular flexibility index (Phi) is 2.90. The van der Waals surface area contributed by atoms with E-state index in [1.165, 1.54) is 0 Å². The van der Waals surface area contributed by atoms with Crippen LogP contribution in [0.2, 0.25) is 0 Å². The van der Waals surface area contributed by atoms with Crippen molar-refractivity contribution in [2.24, 2.45) is 0 Å². The Morgan fingerprint density at radius 3 is 2.87 bits per heavy atom. The fourth-order valence-electron chi connectivity index (χ4n) is 2.64. The van der Waals surface area contributed by atoms with E-state index in [4.69, 9.17) is 9.05 Å². The predicted octanol–water partition coefficient (Wildman–Crippen LogP) is 3.84. The zero-order valence-corrected chi connectivity index (χ0v) is 12.6. The Balaban J connectivity index is 1.75. The van der Waals surface area contributed by atoms with Crippen molar-refractivity contribution < 1.29 is 13.8 Å². The zero-order valence-electron chi connectivity index (χ0n) is 12.6. The van der Waals surface area contributed by atoms with Crippen molar-refractivity contribution in [1.82, 2.24) is 10.3 Å². The Morgan fingerprint density at radius 1 is 1.13 bits per heavy atom. The lowest BCUT2D eigenvalue weighted by Gasteiger charge is -2.03. The van der Waals surface area contributed by atoms with E-state index in [2.05, 4.69) is 15.6 Å². The number of aromatic nitrogens is 2. The van der Waals surface area contributed by atoms with Crippen LogP contribution in [-0.2, 0) is 0 Å². The van der Waals surface area contributed by atoms with E-state index in [0.717, 1.165) is 16.5 Å². The molecule has 0 saturated carbocycles. The molecule has 1 amide bonds. The van der Waals surface area contributed by atoms with Crippen LogP contribution >= 0.6 is 0 Å². The number of rotatable bonds is 2. The van der Waals surface area contributed by atoms with Crippen molar-refractivity contribution in [3.63, 3.8) is 0 Å². The average Bonchev–Trinajstić information content (AvgIpc) is 3.13. The number of anilines is 1. The molecule has 23 heavy (non-hydrogen) atoms. The number of amides is 1. The Morgan fingerprint density at radius 2 is 2.00 bits per heavy atom. The molecule has 114 valence electrons. The van der Waals surface area contributed by atoms with Crippen molar-refractivity contribution in [1.29, 1.82) is 0 Å². The number of nitrogens with one attached hydrogen (secondary N) is 1. The van der Waals surface area contributed by atoms with Crippen LogP contribution in [0.15, 0.2) is 45.4 Å². The summed E-state index contributed by atoms with van der Waals surface area (Å²) in [5.74, 6) is -0.0362. The van der Waals surface area contributed by atoms with Crippen LogP contribution in [0.4, 0.5) is 5.69 Å². The smallest absolute Gasteiger partial charge is 0.291 e. The van der Waals surface area contributed by atoms with Crippen LogP contribution in [-0.4, -0.2) is 16.2 Å². The van der Waals surface area contributed by atoms with Gasteiger partial charge in [0, 0.05) is 10.9 Å². The third kappa shape index (κ3) is 2.15. The molecule has 2 aromatic carbocycles. The topological polar surface area (TPSA) is 81.2 Å². The fraction of sp³-hybridized carbons (Fsp3) is 0.118. The highest BCUT2D eigenvalue weighted by atomic mass is 16.6. The van der Waals surface area contributed by atoms with Crippen molar-refractivity contribution in [3.8, 4) is 0 Å². The second-order valence-corrected chi connectivity index (χ2v) is 5.45. The van der Waals surface area contributed by atoms with Crippen LogP contribution in [0.1, 0.15) is 21.7 Å². The lowest BCUT2D eigenvalue weighted by molar-refractivity contribution is 0.0998. The van der Waals surface area contributed by atoms with Gasteiger partial charge in [-0.15, -0.1) is 0 Å². The summed E-state index contributed by atoms with van der Waals surface area (Å²) < 4.78 is 10.4. The molecule has 2 aromatic heterocycles. The molecule has 0 aliphatic rings. The minimum atomic E-state index is -0.327. The number of benzene rings is 2. The molecular formula is C17H13N3O3. The molecule has 0 aliphatic carbocycles. The largest absolute Gasteiger partial charge is 0.451 e. The summed E-state index contributed by atoms with van der Waals surface area (Å²) in [6, 6.07) is 11.1. The molecule has 2 heterocycles. The van der Waals surface area contributed by atoms with Gasteiger partial charge in [0.05, 0.1) is 5.69 Å². The van der Waals surface area contributed by atoms with Gasteiger partial charge in [-0.3, -0.25) is 4.79 Å². The summed E-state index contributed by atoms with van der Waals surface area (Å²) in [6.07, 6.45) is 0. The van der Waals surface area contributed by atoms with Crippen LogP contribution in [0.5, 0.6) is 0 Å². The molecule has 6 nitrogen and oxygen atoms in total. The number of hydrogen-bond donors (Lipinski definition) is 1. The van der Waals surface area contributed by atoms with Gasteiger partial charge in [-0.05, 0) is 48.4 Å². The quantitative estimate of drug-likeness (QED) is 0.608. The van der Waals surface area contributed by atoms with E-state index in [9.17, 15) is 4.79 Å². The maximum Gasteiger partial charge on any atom is 0.291 e. The van der Waals surface area contributed by atoms with Gasteiger partial charge in [0.1, 0.15) is 11.1 Å². The van der Waals surface area contributed by atoms with Gasteiger partial charge in [-0.1, -0.05) is 17.7 Å². The van der Waals surface area contributed by atoms with Crippen molar-refractivity contribution in [2.75, 3.05) is 5.32 Å². The van der Waals surface area contributed by atoms with Crippen LogP contribution < -0.4 is 5.32 Å². The highest BCUT2D eigenvalue weighted by molar-refractivity contribution is 6.09. The molecule has 4 aromatic rings. The molecule has 0 bridgehead atoms. The Labute approximate surface area is 131 Å². The minimum absolute atomic E-state index is 0.291. The predicted molar refractivity (Wildman–Crippen MR) is 85.4 cm³/mol. The third-order valence-electron chi connectivity index (χ3n) is 3.83. The highest BCUT2D eigenvalue weighted by Gasteiger charge is 2.19. The standard InChI is InChI=1S/C17H13N3O3/c1-9-6-7-14-11(8-9)10(2)16(22-14)17(21)18-12-4-3-5-13-15(12)20-23-19-13/h3-8H,1-2H3,(H,18,21). The third-order valence-corrected chi connectivity index (χ3v) is 3.83. The van der Waals surface area contributed by atoms with Crippen LogP contribution in [0.25, 0.3) is 22.0 Å². The zero-order chi connectivity index (χ0) is 16.0. The minimum Gasteiger partial charge on any atom is -0.451 e. The Bertz CT molecular complexity index is 1050. The first kappa shape index (κ1) is 13.5. The SMILES string of the molecule is Cc1ccc2oc(C(=O)Nc3cccc4nonc34)c(C)c2c1. The Hall–Kier alpha value is -3.15. The van der Waals surface area contributed by atoms with E-state index in [1.54, 1.807) is 18.2 Å². The highest BCUT2D eigenvalue weighted by Crippen LogP contribution is 2.27. The summed E-state index contributed by atoms with van der Waals surface area (Å²) in [4.78, 5) is 12.6. The summed E-state index contributed by atoms with van der Waals surface area (Å²) in [7, 11) is 0. The van der Waals surface area contributed by atoms with E-state index < -0.39 is 0 Å². The second-order valence-electron chi connectivity index (χ2n) is 5.45. The number of aryl methyl sites for hydroxylation is 2. The van der Waals surface area contributed by atoms with E-state index in [1.807, 2.05) is 32.0 Å². The molecule has 4 rings (SSSR count). The molecule has 0 aliphatic heterocycles. The number of carbonyl (C=O) groups is 1. The number of fused-ring (bicyclic) bond motifs is 2. The van der Waals surface area contributed by atoms with E-state index >= 15 is 0 Å². The average molecular weight is 307 g/mol. The summed E-state index contributed by atoms with van der Waals surface area (Å²) in [5, 5.41) is 11.3. The molecule has 0 unspecified atom stereocenters. The first-order valence-corrected chi connectivity index (χ1v) is 7.16. The fourth-order valence-corrected chi connectivity index (χ4v) is 2.64. The molecule has 1 N–H and O–H groups in total. The molecule has 0 atom stereocenters. The van der Waals surface area contributed by atoms with Gasteiger partial charge in [-0.2, -0.15) is 0 Å². The lowest BCUT2D eigenvalue weighted by Crippen LogP contribution is -2.12. The lowest BCUT2D eigenvalue weighted by atomic mass is 10.1. The van der Waals surface area contributed by atoms with Gasteiger partial charge in [0.15, 0.2) is 11.3 Å². The number of hydrogen-bond acceptors (Lipinski definition) is 5. The molecule has 0 radical (unpaired) electrons. The van der Waals surface area contributed by atoms with Crippen molar-refractivity contribution in [2.45, 2.75) is 13.8 Å². The van der Waals surface area contributed by atoms with Crippen molar-refractivity contribution >= 4 is 33.6 Å². The first-order valence-electron chi connectivity index (χ1n) is 7.16. The van der Waals surface area contributed by atoms with Gasteiger partial charge >= 0.3 is 0 Å². The van der Waals surface area contributed by atoms with Gasteiger partial charge in [0.2, 0.25) is 0 Å². The van der Waals surface area contributed by atoms with Crippen LogP contribution in [0.3, 0.4) is 0 Å². The summed E-state index contributed by atoms with van der Waals surface area (Å²) >= 11 is 0. The second kappa shape index (κ2) is 4.95. The normalized spacial score (nSPS) is 11.2. The molecular weight excluding hydrogens is 294 g/mol.